The maximum atomic E-state index is 11.3. The lowest BCUT2D eigenvalue weighted by molar-refractivity contribution is -0.138. The summed E-state index contributed by atoms with van der Waals surface area (Å²) in [6.07, 6.45) is 0.948. The fourth-order valence-electron chi connectivity index (χ4n) is 1.72. The smallest absolute Gasteiger partial charge is 0.326 e. The summed E-state index contributed by atoms with van der Waals surface area (Å²) in [6.45, 7) is 0.467. The van der Waals surface area contributed by atoms with E-state index in [2.05, 4.69) is 5.32 Å². The second-order valence-electron chi connectivity index (χ2n) is 4.22. The Labute approximate surface area is 121 Å². The van der Waals surface area contributed by atoms with Crippen LogP contribution < -0.4 is 11.1 Å². The highest BCUT2D eigenvalue weighted by atomic mass is 35.5. The number of carboxylic acids is 1. The molecule has 0 aliphatic carbocycles. The fourth-order valence-corrected chi connectivity index (χ4v) is 1.90. The normalized spacial score (nSPS) is 11.9. The van der Waals surface area contributed by atoms with Crippen molar-refractivity contribution in [3.05, 3.63) is 28.8 Å². The number of halogens is 1. The average molecular weight is 301 g/mol. The highest BCUT2D eigenvalue weighted by Crippen LogP contribution is 2.21. The fraction of sp³-hybridized carbons (Fsp3) is 0.385. The van der Waals surface area contributed by atoms with Crippen LogP contribution in [-0.4, -0.2) is 36.7 Å². The molecule has 20 heavy (non-hydrogen) atoms. The first-order valence-corrected chi connectivity index (χ1v) is 6.41. The van der Waals surface area contributed by atoms with E-state index in [4.69, 9.17) is 22.1 Å². The molecule has 1 aromatic rings. The molecule has 0 saturated heterocycles. The van der Waals surface area contributed by atoms with Crippen LogP contribution in [0.2, 0.25) is 5.02 Å². The molecule has 110 valence electrons. The van der Waals surface area contributed by atoms with Crippen molar-refractivity contribution < 1.29 is 19.4 Å². The summed E-state index contributed by atoms with van der Waals surface area (Å²) in [5, 5.41) is 12.3. The maximum absolute atomic E-state index is 11.3. The van der Waals surface area contributed by atoms with Crippen LogP contribution in [0, 0.1) is 0 Å². The van der Waals surface area contributed by atoms with Gasteiger partial charge in [0.2, 0.25) is 0 Å². The number of primary amides is 1. The molecule has 0 saturated carbocycles. The maximum Gasteiger partial charge on any atom is 0.326 e. The molecule has 1 unspecified atom stereocenters. The molecule has 1 rings (SSSR count). The van der Waals surface area contributed by atoms with E-state index in [9.17, 15) is 14.7 Å². The van der Waals surface area contributed by atoms with E-state index < -0.39 is 17.9 Å². The molecule has 1 aromatic carbocycles. The van der Waals surface area contributed by atoms with Gasteiger partial charge in [0, 0.05) is 24.4 Å². The zero-order valence-corrected chi connectivity index (χ0v) is 11.8. The van der Waals surface area contributed by atoms with Gasteiger partial charge >= 0.3 is 5.97 Å². The van der Waals surface area contributed by atoms with Crippen LogP contribution in [0.1, 0.15) is 23.2 Å². The summed E-state index contributed by atoms with van der Waals surface area (Å²) in [5.41, 5.74) is 5.77. The molecule has 0 fully saturated rings. The van der Waals surface area contributed by atoms with E-state index >= 15 is 0 Å². The Morgan fingerprint density at radius 3 is 2.75 bits per heavy atom. The monoisotopic (exact) mass is 300 g/mol. The summed E-state index contributed by atoms with van der Waals surface area (Å²) < 4.78 is 4.89. The highest BCUT2D eigenvalue weighted by Gasteiger charge is 2.19. The van der Waals surface area contributed by atoms with Crippen LogP contribution in [0.4, 0.5) is 5.69 Å². The minimum atomic E-state index is -1.01. The van der Waals surface area contributed by atoms with E-state index in [0.29, 0.717) is 30.2 Å². The number of methoxy groups -OCH3 is 1. The number of rotatable bonds is 8. The van der Waals surface area contributed by atoms with Gasteiger partial charge in [0.1, 0.15) is 6.04 Å². The van der Waals surface area contributed by atoms with Crippen molar-refractivity contribution in [2.75, 3.05) is 19.0 Å². The lowest BCUT2D eigenvalue weighted by Crippen LogP contribution is -2.30. The molecular weight excluding hydrogens is 284 g/mol. The molecule has 0 aromatic heterocycles. The number of ether oxygens (including phenoxy) is 1. The summed E-state index contributed by atoms with van der Waals surface area (Å²) in [4.78, 5) is 22.5. The number of benzene rings is 1. The van der Waals surface area contributed by atoms with Crippen LogP contribution in [0.3, 0.4) is 0 Å². The third kappa shape index (κ3) is 4.71. The van der Waals surface area contributed by atoms with Crippen LogP contribution in [0.5, 0.6) is 0 Å². The number of hydrogen-bond donors (Lipinski definition) is 3. The van der Waals surface area contributed by atoms with Gasteiger partial charge in [-0.25, -0.2) is 4.79 Å². The third-order valence-corrected chi connectivity index (χ3v) is 2.95. The standard InChI is InChI=1S/C13H17ClN2O4/c1-20-6-2-3-11(13(18)19)16-10-5-4-8(14)7-9(10)12(15)17/h4-5,7,11,16H,2-3,6H2,1H3,(H2,15,17)(H,18,19). The summed E-state index contributed by atoms with van der Waals surface area (Å²) in [6, 6.07) is 3.67. The molecule has 0 heterocycles. The van der Waals surface area contributed by atoms with Gasteiger partial charge in [-0.15, -0.1) is 0 Å². The molecule has 0 aliphatic rings. The predicted molar refractivity (Wildman–Crippen MR) is 76.1 cm³/mol. The molecule has 0 bridgehead atoms. The topological polar surface area (TPSA) is 102 Å². The average Bonchev–Trinajstić information content (AvgIpc) is 2.39. The number of hydrogen-bond acceptors (Lipinski definition) is 4. The Balaban J connectivity index is 2.87. The molecular formula is C13H17ClN2O4. The number of nitrogens with two attached hydrogens (primary N) is 1. The number of carbonyl (C=O) groups is 2. The molecule has 7 heteroatoms. The van der Waals surface area contributed by atoms with E-state index in [0.717, 1.165) is 0 Å². The van der Waals surface area contributed by atoms with Gasteiger partial charge in [-0.2, -0.15) is 0 Å². The van der Waals surface area contributed by atoms with E-state index in [-0.39, 0.29) is 5.56 Å². The lowest BCUT2D eigenvalue weighted by Gasteiger charge is -2.17. The Morgan fingerprint density at radius 2 is 2.20 bits per heavy atom. The molecule has 1 amide bonds. The van der Waals surface area contributed by atoms with Crippen molar-refractivity contribution in [1.29, 1.82) is 0 Å². The largest absolute Gasteiger partial charge is 0.480 e. The molecule has 0 aliphatic heterocycles. The number of amides is 1. The first-order chi connectivity index (χ1) is 9.45. The van der Waals surface area contributed by atoms with Crippen molar-refractivity contribution in [1.82, 2.24) is 0 Å². The lowest BCUT2D eigenvalue weighted by atomic mass is 10.1. The number of aliphatic carboxylic acids is 1. The minimum absolute atomic E-state index is 0.162. The Kier molecular flexibility index (Phi) is 6.27. The summed E-state index contributed by atoms with van der Waals surface area (Å²) in [5.74, 6) is -1.68. The Hall–Kier alpha value is -1.79. The molecule has 6 nitrogen and oxygen atoms in total. The van der Waals surface area contributed by atoms with Gasteiger partial charge in [0.05, 0.1) is 5.56 Å². The number of nitrogens with one attached hydrogen (secondary N) is 1. The number of carboxylic acid groups (broad SMARTS) is 1. The van der Waals surface area contributed by atoms with Gasteiger partial charge in [0.15, 0.2) is 0 Å². The first-order valence-electron chi connectivity index (χ1n) is 6.03. The zero-order valence-electron chi connectivity index (χ0n) is 11.1. The van der Waals surface area contributed by atoms with Crippen molar-refractivity contribution in [3.8, 4) is 0 Å². The predicted octanol–water partition coefficient (Wildman–Crippen LogP) is 1.73. The Morgan fingerprint density at radius 1 is 1.50 bits per heavy atom. The molecule has 0 radical (unpaired) electrons. The molecule has 1 atom stereocenters. The summed E-state index contributed by atoms with van der Waals surface area (Å²) >= 11 is 5.79. The second-order valence-corrected chi connectivity index (χ2v) is 4.66. The first kappa shape index (κ1) is 16.3. The van der Waals surface area contributed by atoms with E-state index in [1.807, 2.05) is 0 Å². The van der Waals surface area contributed by atoms with Crippen molar-refractivity contribution in [2.45, 2.75) is 18.9 Å². The van der Waals surface area contributed by atoms with Crippen LogP contribution in [0.25, 0.3) is 0 Å². The van der Waals surface area contributed by atoms with Crippen LogP contribution >= 0.6 is 11.6 Å². The van der Waals surface area contributed by atoms with Gasteiger partial charge in [-0.1, -0.05) is 11.6 Å². The second kappa shape index (κ2) is 7.72. The van der Waals surface area contributed by atoms with Crippen molar-refractivity contribution in [3.63, 3.8) is 0 Å². The van der Waals surface area contributed by atoms with Gasteiger partial charge in [-0.05, 0) is 31.0 Å². The SMILES string of the molecule is COCCCC(Nc1ccc(Cl)cc1C(N)=O)C(=O)O. The molecule has 0 spiro atoms. The quantitative estimate of drug-likeness (QED) is 0.635. The Bertz CT molecular complexity index is 493. The van der Waals surface area contributed by atoms with Gasteiger partial charge < -0.3 is 20.9 Å². The van der Waals surface area contributed by atoms with E-state index in [1.54, 1.807) is 13.2 Å². The van der Waals surface area contributed by atoms with Crippen LogP contribution in [-0.2, 0) is 9.53 Å². The van der Waals surface area contributed by atoms with E-state index in [1.165, 1.54) is 12.1 Å². The molecule has 4 N–H and O–H groups in total. The highest BCUT2D eigenvalue weighted by molar-refractivity contribution is 6.31. The van der Waals surface area contributed by atoms with Gasteiger partial charge in [-0.3, -0.25) is 4.79 Å². The zero-order chi connectivity index (χ0) is 15.1. The number of carbonyl (C=O) groups excluding carboxylic acids is 1. The van der Waals surface area contributed by atoms with Crippen LogP contribution in [0.15, 0.2) is 18.2 Å². The minimum Gasteiger partial charge on any atom is -0.480 e. The third-order valence-electron chi connectivity index (χ3n) is 2.72. The van der Waals surface area contributed by atoms with Crippen molar-refractivity contribution in [2.24, 2.45) is 5.73 Å². The van der Waals surface area contributed by atoms with Crippen molar-refractivity contribution >= 4 is 29.2 Å². The summed E-state index contributed by atoms with van der Waals surface area (Å²) in [7, 11) is 1.55. The van der Waals surface area contributed by atoms with Gasteiger partial charge in [0.25, 0.3) is 5.91 Å². The number of anilines is 1.